The van der Waals surface area contributed by atoms with Gasteiger partial charge in [0.15, 0.2) is 0 Å². The average Bonchev–Trinajstić information content (AvgIpc) is 2.48. The predicted octanol–water partition coefficient (Wildman–Crippen LogP) is 2.81. The van der Waals surface area contributed by atoms with Crippen LogP contribution < -0.4 is 15.8 Å². The molecule has 0 aromatic heterocycles. The van der Waals surface area contributed by atoms with Crippen molar-refractivity contribution in [2.45, 2.75) is 6.92 Å². The lowest BCUT2D eigenvalue weighted by molar-refractivity contribution is 0.100. The maximum atomic E-state index is 11.7. The maximum Gasteiger partial charge on any atom is 0.250 e. The van der Waals surface area contributed by atoms with Crippen molar-refractivity contribution >= 4 is 39.9 Å². The minimum Gasteiger partial charge on any atom is -0.489 e. The van der Waals surface area contributed by atoms with Crippen LogP contribution in [0.15, 0.2) is 36.4 Å². The maximum absolute atomic E-state index is 11.7. The van der Waals surface area contributed by atoms with Gasteiger partial charge in [0.2, 0.25) is 0 Å². The van der Waals surface area contributed by atoms with E-state index in [0.717, 1.165) is 14.8 Å². The number of primary amides is 1. The molecule has 0 aliphatic heterocycles. The second-order valence-corrected chi connectivity index (χ2v) is 5.94. The van der Waals surface area contributed by atoms with Crippen molar-refractivity contribution in [2.75, 3.05) is 18.5 Å². The number of aliphatic hydroxyl groups excluding tert-OH is 1. The third-order valence-electron chi connectivity index (χ3n) is 3.09. The summed E-state index contributed by atoms with van der Waals surface area (Å²) in [4.78, 5) is 11.7. The van der Waals surface area contributed by atoms with Crippen LogP contribution in [0.2, 0.25) is 0 Å². The molecule has 0 spiro atoms. The Kier molecular flexibility index (Phi) is 5.62. The lowest BCUT2D eigenvalue weighted by atomic mass is 10.1. The quantitative estimate of drug-likeness (QED) is 0.638. The zero-order valence-corrected chi connectivity index (χ0v) is 14.3. The molecule has 2 aromatic rings. The molecule has 0 aliphatic rings. The summed E-state index contributed by atoms with van der Waals surface area (Å²) in [6.07, 6.45) is 0. The fourth-order valence-corrected chi connectivity index (χ4v) is 2.69. The van der Waals surface area contributed by atoms with Crippen molar-refractivity contribution < 1.29 is 14.6 Å². The molecular formula is C16H17IN2O3. The molecule has 0 saturated carbocycles. The van der Waals surface area contributed by atoms with Crippen LogP contribution in [0.5, 0.6) is 5.75 Å². The van der Waals surface area contributed by atoms with Gasteiger partial charge in [-0.25, -0.2) is 0 Å². The van der Waals surface area contributed by atoms with Gasteiger partial charge in [0.25, 0.3) is 5.91 Å². The zero-order chi connectivity index (χ0) is 16.1. The number of carbonyl (C=O) groups excluding carboxylic acids is 1. The fraction of sp³-hybridized carbons (Fsp3) is 0.188. The third kappa shape index (κ3) is 3.89. The largest absolute Gasteiger partial charge is 0.489 e. The van der Waals surface area contributed by atoms with Gasteiger partial charge in [-0.1, -0.05) is 6.07 Å². The molecule has 22 heavy (non-hydrogen) atoms. The van der Waals surface area contributed by atoms with Crippen LogP contribution in [0.4, 0.5) is 11.4 Å². The van der Waals surface area contributed by atoms with Gasteiger partial charge in [0, 0.05) is 9.26 Å². The normalized spacial score (nSPS) is 10.3. The number of aryl methyl sites for hydroxylation is 1. The standard InChI is InChI=1S/C16H17IN2O3/c1-10-9-11(17)5-6-13(10)19-15-12(16(18)21)3-2-4-14(15)22-8-7-20/h2-6,9,19-20H,7-8H2,1H3,(H2,18,21). The number of aliphatic hydroxyl groups is 1. The SMILES string of the molecule is Cc1cc(I)ccc1Nc1c(OCCO)cccc1C(N)=O. The van der Waals surface area contributed by atoms with E-state index in [-0.39, 0.29) is 13.2 Å². The summed E-state index contributed by atoms with van der Waals surface area (Å²) in [5, 5.41) is 12.1. The molecule has 2 aromatic carbocycles. The minimum absolute atomic E-state index is 0.108. The molecular weight excluding hydrogens is 395 g/mol. The Labute approximate surface area is 142 Å². The Morgan fingerprint density at radius 2 is 2.14 bits per heavy atom. The van der Waals surface area contributed by atoms with Crippen molar-refractivity contribution in [1.82, 2.24) is 0 Å². The van der Waals surface area contributed by atoms with Crippen molar-refractivity contribution in [3.63, 3.8) is 0 Å². The first-order valence-electron chi connectivity index (χ1n) is 6.72. The van der Waals surface area contributed by atoms with E-state index in [1.165, 1.54) is 0 Å². The van der Waals surface area contributed by atoms with Crippen LogP contribution >= 0.6 is 22.6 Å². The van der Waals surface area contributed by atoms with Gasteiger partial charge in [-0.3, -0.25) is 4.79 Å². The summed E-state index contributed by atoms with van der Waals surface area (Å²) < 4.78 is 6.62. The topological polar surface area (TPSA) is 84.6 Å². The number of halogens is 1. The van der Waals surface area contributed by atoms with Crippen molar-refractivity contribution in [2.24, 2.45) is 5.73 Å². The first-order valence-corrected chi connectivity index (χ1v) is 7.80. The molecule has 0 aliphatic carbocycles. The van der Waals surface area contributed by atoms with Gasteiger partial charge >= 0.3 is 0 Å². The van der Waals surface area contributed by atoms with Crippen LogP contribution in [-0.4, -0.2) is 24.2 Å². The van der Waals surface area contributed by atoms with Gasteiger partial charge in [0.05, 0.1) is 17.9 Å². The second-order valence-electron chi connectivity index (χ2n) is 4.70. The molecule has 0 atom stereocenters. The van der Waals surface area contributed by atoms with E-state index >= 15 is 0 Å². The summed E-state index contributed by atoms with van der Waals surface area (Å²) in [6, 6.07) is 11.0. The summed E-state index contributed by atoms with van der Waals surface area (Å²) in [7, 11) is 0. The van der Waals surface area contributed by atoms with E-state index in [9.17, 15) is 4.79 Å². The summed E-state index contributed by atoms with van der Waals surface area (Å²) in [6.45, 7) is 2.01. The first-order chi connectivity index (χ1) is 10.5. The number of para-hydroxylation sites is 1. The lowest BCUT2D eigenvalue weighted by Crippen LogP contribution is -2.15. The Bertz CT molecular complexity index is 689. The predicted molar refractivity (Wildman–Crippen MR) is 94.7 cm³/mol. The summed E-state index contributed by atoms with van der Waals surface area (Å²) in [5.74, 6) is -0.0663. The van der Waals surface area contributed by atoms with Crippen molar-refractivity contribution in [1.29, 1.82) is 0 Å². The van der Waals surface area contributed by atoms with Gasteiger partial charge in [-0.2, -0.15) is 0 Å². The van der Waals surface area contributed by atoms with Crippen LogP contribution in [0, 0.1) is 10.5 Å². The monoisotopic (exact) mass is 412 g/mol. The van der Waals surface area contributed by atoms with Crippen LogP contribution in [0.1, 0.15) is 15.9 Å². The van der Waals surface area contributed by atoms with E-state index in [2.05, 4.69) is 27.9 Å². The van der Waals surface area contributed by atoms with Gasteiger partial charge < -0.3 is 20.9 Å². The highest BCUT2D eigenvalue weighted by molar-refractivity contribution is 14.1. The van der Waals surface area contributed by atoms with E-state index in [1.54, 1.807) is 18.2 Å². The minimum atomic E-state index is -0.542. The number of hydrogen-bond donors (Lipinski definition) is 3. The van der Waals surface area contributed by atoms with Gasteiger partial charge in [-0.15, -0.1) is 0 Å². The summed E-state index contributed by atoms with van der Waals surface area (Å²) >= 11 is 2.24. The molecule has 0 heterocycles. The third-order valence-corrected chi connectivity index (χ3v) is 3.76. The van der Waals surface area contributed by atoms with E-state index < -0.39 is 5.91 Å². The van der Waals surface area contributed by atoms with Gasteiger partial charge in [-0.05, 0) is 65.4 Å². The number of carbonyl (C=O) groups is 1. The van der Waals surface area contributed by atoms with Crippen LogP contribution in [0.3, 0.4) is 0 Å². The summed E-state index contributed by atoms with van der Waals surface area (Å²) in [5.41, 5.74) is 8.20. The molecule has 5 nitrogen and oxygen atoms in total. The number of anilines is 2. The molecule has 1 amide bonds. The highest BCUT2D eigenvalue weighted by Gasteiger charge is 2.15. The number of ether oxygens (including phenoxy) is 1. The zero-order valence-electron chi connectivity index (χ0n) is 12.1. The molecule has 6 heteroatoms. The van der Waals surface area contributed by atoms with Gasteiger partial charge in [0.1, 0.15) is 12.4 Å². The van der Waals surface area contributed by atoms with Crippen molar-refractivity contribution in [3.8, 4) is 5.75 Å². The number of rotatable bonds is 6. The second kappa shape index (κ2) is 7.46. The number of amides is 1. The molecule has 0 bridgehead atoms. The van der Waals surface area contributed by atoms with E-state index in [4.69, 9.17) is 15.6 Å². The first kappa shape index (κ1) is 16.6. The van der Waals surface area contributed by atoms with E-state index in [0.29, 0.717) is 17.0 Å². The highest BCUT2D eigenvalue weighted by atomic mass is 127. The molecule has 0 fully saturated rings. The number of nitrogens with one attached hydrogen (secondary N) is 1. The van der Waals surface area contributed by atoms with Crippen LogP contribution in [0.25, 0.3) is 0 Å². The number of hydrogen-bond acceptors (Lipinski definition) is 4. The Hall–Kier alpha value is -1.80. The van der Waals surface area contributed by atoms with Crippen LogP contribution in [-0.2, 0) is 0 Å². The lowest BCUT2D eigenvalue weighted by Gasteiger charge is -2.17. The van der Waals surface area contributed by atoms with Crippen molar-refractivity contribution in [3.05, 3.63) is 51.1 Å². The Morgan fingerprint density at radius 3 is 2.77 bits per heavy atom. The van der Waals surface area contributed by atoms with E-state index in [1.807, 2.05) is 25.1 Å². The number of benzene rings is 2. The molecule has 4 N–H and O–H groups in total. The Morgan fingerprint density at radius 1 is 1.36 bits per heavy atom. The molecule has 2 rings (SSSR count). The molecule has 0 unspecified atom stereocenters. The smallest absolute Gasteiger partial charge is 0.250 e. The highest BCUT2D eigenvalue weighted by Crippen LogP contribution is 2.33. The fourth-order valence-electron chi connectivity index (χ4n) is 2.04. The molecule has 0 saturated heterocycles. The molecule has 116 valence electrons. The average molecular weight is 412 g/mol. The number of nitrogens with two attached hydrogens (primary N) is 1. The Balaban J connectivity index is 2.44. The molecule has 0 radical (unpaired) electrons.